The number of imidazole rings is 1. The van der Waals surface area contributed by atoms with Crippen LogP contribution in [0.3, 0.4) is 0 Å². The van der Waals surface area contributed by atoms with Gasteiger partial charge in [-0.2, -0.15) is 0 Å². The van der Waals surface area contributed by atoms with Crippen LogP contribution < -0.4 is 0 Å². The summed E-state index contributed by atoms with van der Waals surface area (Å²) < 4.78 is 1.78. The first kappa shape index (κ1) is 11.9. The monoisotopic (exact) mass is 270 g/mol. The van der Waals surface area contributed by atoms with E-state index in [0.29, 0.717) is 16.4 Å². The highest BCUT2D eigenvalue weighted by molar-refractivity contribution is 6.31. The fourth-order valence-electron chi connectivity index (χ4n) is 2.13. The van der Waals surface area contributed by atoms with Crippen molar-refractivity contribution in [2.24, 2.45) is 0 Å². The Morgan fingerprint density at radius 1 is 1.26 bits per heavy atom. The van der Waals surface area contributed by atoms with E-state index in [4.69, 9.17) is 11.6 Å². The number of rotatable bonds is 2. The second kappa shape index (κ2) is 4.52. The molecule has 2 heterocycles. The summed E-state index contributed by atoms with van der Waals surface area (Å²) in [5.41, 5.74) is 3.85. The first-order valence-electron chi connectivity index (χ1n) is 5.89. The number of aryl methyl sites for hydroxylation is 1. The van der Waals surface area contributed by atoms with E-state index in [0.717, 1.165) is 23.1 Å². The van der Waals surface area contributed by atoms with Gasteiger partial charge in [-0.1, -0.05) is 23.7 Å². The molecule has 0 atom stereocenters. The van der Waals surface area contributed by atoms with Gasteiger partial charge in [-0.25, -0.2) is 4.98 Å². The van der Waals surface area contributed by atoms with Crippen LogP contribution in [0.15, 0.2) is 42.6 Å². The second-order valence-corrected chi connectivity index (χ2v) is 4.76. The van der Waals surface area contributed by atoms with Gasteiger partial charge in [0.2, 0.25) is 0 Å². The van der Waals surface area contributed by atoms with Crippen LogP contribution in [0.5, 0.6) is 0 Å². The van der Waals surface area contributed by atoms with Gasteiger partial charge in [0.05, 0.1) is 0 Å². The normalized spacial score (nSPS) is 10.8. The minimum Gasteiger partial charge on any atom is -0.297 e. The van der Waals surface area contributed by atoms with E-state index in [9.17, 15) is 4.79 Å². The quantitative estimate of drug-likeness (QED) is 0.664. The molecule has 2 aromatic heterocycles. The van der Waals surface area contributed by atoms with Crippen molar-refractivity contribution in [2.75, 3.05) is 0 Å². The fraction of sp³-hybridized carbons (Fsp3) is 0.0667. The zero-order chi connectivity index (χ0) is 13.4. The van der Waals surface area contributed by atoms with E-state index in [1.165, 1.54) is 0 Å². The Hall–Kier alpha value is -2.13. The summed E-state index contributed by atoms with van der Waals surface area (Å²) in [7, 11) is 0. The number of carbonyl (C=O) groups is 1. The Labute approximate surface area is 115 Å². The molecule has 0 spiro atoms. The predicted octanol–water partition coefficient (Wildman–Crippen LogP) is 3.78. The molecule has 0 aliphatic heterocycles. The van der Waals surface area contributed by atoms with Gasteiger partial charge in [-0.05, 0) is 36.8 Å². The molecule has 3 rings (SSSR count). The number of benzene rings is 1. The highest BCUT2D eigenvalue weighted by atomic mass is 35.5. The number of nitrogens with zero attached hydrogens (tertiary/aromatic N) is 2. The van der Waals surface area contributed by atoms with Crippen LogP contribution in [0, 0.1) is 6.92 Å². The molecule has 94 valence electrons. The Bertz CT molecular complexity index is 777. The van der Waals surface area contributed by atoms with Gasteiger partial charge in [-0.15, -0.1) is 0 Å². The Morgan fingerprint density at radius 2 is 2.11 bits per heavy atom. The van der Waals surface area contributed by atoms with E-state index in [-0.39, 0.29) is 0 Å². The molecule has 0 amide bonds. The van der Waals surface area contributed by atoms with Crippen molar-refractivity contribution < 1.29 is 4.79 Å². The summed E-state index contributed by atoms with van der Waals surface area (Å²) in [4.78, 5) is 15.9. The number of aldehydes is 1. The summed E-state index contributed by atoms with van der Waals surface area (Å²) in [6.45, 7) is 1.93. The van der Waals surface area contributed by atoms with Crippen LogP contribution in [-0.4, -0.2) is 15.7 Å². The molecule has 4 heteroatoms. The lowest BCUT2D eigenvalue weighted by molar-refractivity contribution is 0.111. The van der Waals surface area contributed by atoms with Crippen molar-refractivity contribution in [3.05, 3.63) is 58.9 Å². The van der Waals surface area contributed by atoms with Gasteiger partial charge < -0.3 is 0 Å². The Kier molecular flexibility index (Phi) is 2.84. The lowest BCUT2D eigenvalue weighted by Crippen LogP contribution is -1.91. The minimum atomic E-state index is 0.553. The van der Waals surface area contributed by atoms with Gasteiger partial charge >= 0.3 is 0 Å². The second-order valence-electron chi connectivity index (χ2n) is 4.36. The molecule has 0 aliphatic carbocycles. The summed E-state index contributed by atoms with van der Waals surface area (Å²) in [5.74, 6) is 0. The topological polar surface area (TPSA) is 34.4 Å². The maximum absolute atomic E-state index is 11.3. The van der Waals surface area contributed by atoms with E-state index in [1.54, 1.807) is 4.40 Å². The smallest absolute Gasteiger partial charge is 0.169 e. The summed E-state index contributed by atoms with van der Waals surface area (Å²) in [6.07, 6.45) is 2.66. The average molecular weight is 271 g/mol. The van der Waals surface area contributed by atoms with E-state index < -0.39 is 0 Å². The maximum Gasteiger partial charge on any atom is 0.169 e. The first-order valence-corrected chi connectivity index (χ1v) is 6.27. The first-order chi connectivity index (χ1) is 9.20. The van der Waals surface area contributed by atoms with Gasteiger partial charge in [0.15, 0.2) is 6.29 Å². The van der Waals surface area contributed by atoms with Crippen LogP contribution in [0.4, 0.5) is 0 Å². The van der Waals surface area contributed by atoms with Crippen LogP contribution in [0.25, 0.3) is 16.9 Å². The third kappa shape index (κ3) is 1.92. The van der Waals surface area contributed by atoms with E-state index in [1.807, 2.05) is 49.5 Å². The molecule has 3 aromatic rings. The van der Waals surface area contributed by atoms with E-state index in [2.05, 4.69) is 4.98 Å². The number of pyridine rings is 1. The third-order valence-electron chi connectivity index (χ3n) is 3.11. The predicted molar refractivity (Wildman–Crippen MR) is 75.8 cm³/mol. The Morgan fingerprint density at radius 3 is 2.84 bits per heavy atom. The average Bonchev–Trinajstić information content (AvgIpc) is 2.80. The van der Waals surface area contributed by atoms with Gasteiger partial charge in [0.25, 0.3) is 0 Å². The van der Waals surface area contributed by atoms with Crippen molar-refractivity contribution in [1.82, 2.24) is 9.38 Å². The van der Waals surface area contributed by atoms with Crippen LogP contribution in [0.2, 0.25) is 5.02 Å². The number of fused-ring (bicyclic) bond motifs is 1. The molecule has 3 nitrogen and oxygen atoms in total. The zero-order valence-electron chi connectivity index (χ0n) is 10.3. The zero-order valence-corrected chi connectivity index (χ0v) is 11.1. The molecular formula is C15H11ClN2O. The van der Waals surface area contributed by atoms with Crippen molar-refractivity contribution in [3.8, 4) is 11.3 Å². The number of carbonyl (C=O) groups excluding carboxylic acids is 1. The molecule has 0 N–H and O–H groups in total. The molecule has 0 aliphatic rings. The third-order valence-corrected chi connectivity index (χ3v) is 3.53. The van der Waals surface area contributed by atoms with Crippen molar-refractivity contribution in [1.29, 1.82) is 0 Å². The van der Waals surface area contributed by atoms with Crippen LogP contribution in [0.1, 0.15) is 16.1 Å². The van der Waals surface area contributed by atoms with Crippen molar-refractivity contribution >= 4 is 23.5 Å². The molecule has 0 fully saturated rings. The molecular weight excluding hydrogens is 260 g/mol. The largest absolute Gasteiger partial charge is 0.297 e. The number of halogens is 1. The summed E-state index contributed by atoms with van der Waals surface area (Å²) in [5, 5.41) is 0.708. The summed E-state index contributed by atoms with van der Waals surface area (Å²) in [6, 6.07) is 11.3. The number of hydrogen-bond donors (Lipinski definition) is 0. The molecule has 0 radical (unpaired) electrons. The van der Waals surface area contributed by atoms with Crippen LogP contribution >= 0.6 is 11.6 Å². The minimum absolute atomic E-state index is 0.553. The van der Waals surface area contributed by atoms with Crippen molar-refractivity contribution in [3.63, 3.8) is 0 Å². The molecule has 0 saturated heterocycles. The van der Waals surface area contributed by atoms with E-state index >= 15 is 0 Å². The van der Waals surface area contributed by atoms with Gasteiger partial charge in [0, 0.05) is 16.8 Å². The molecule has 0 unspecified atom stereocenters. The van der Waals surface area contributed by atoms with Crippen LogP contribution in [-0.2, 0) is 0 Å². The lowest BCUT2D eigenvalue weighted by atomic mass is 10.1. The number of hydrogen-bond acceptors (Lipinski definition) is 2. The molecule has 19 heavy (non-hydrogen) atoms. The molecule has 0 bridgehead atoms. The maximum atomic E-state index is 11.3. The lowest BCUT2D eigenvalue weighted by Gasteiger charge is -2.02. The van der Waals surface area contributed by atoms with Gasteiger partial charge in [-0.3, -0.25) is 9.20 Å². The van der Waals surface area contributed by atoms with Gasteiger partial charge in [0.1, 0.15) is 17.0 Å². The molecule has 0 saturated carbocycles. The Balaban J connectivity index is 2.29. The molecule has 1 aromatic carbocycles. The highest BCUT2D eigenvalue weighted by Crippen LogP contribution is 2.27. The summed E-state index contributed by atoms with van der Waals surface area (Å²) >= 11 is 6.03. The SMILES string of the molecule is Cc1cc(-c2nc3ccccn3c2C=O)ccc1Cl. The highest BCUT2D eigenvalue weighted by Gasteiger charge is 2.13. The standard InChI is InChI=1S/C15H11ClN2O/c1-10-8-11(5-6-12(10)16)15-13(9-19)18-7-3-2-4-14(18)17-15/h2-9H,1H3. The van der Waals surface area contributed by atoms with Crippen molar-refractivity contribution in [2.45, 2.75) is 6.92 Å². The number of aromatic nitrogens is 2. The fourth-order valence-corrected chi connectivity index (χ4v) is 2.25.